The Morgan fingerprint density at radius 3 is 2.25 bits per heavy atom. The van der Waals surface area contributed by atoms with Crippen LogP contribution < -0.4 is 0 Å². The lowest BCUT2D eigenvalue weighted by molar-refractivity contribution is -0.146. The summed E-state index contributed by atoms with van der Waals surface area (Å²) in [6, 6.07) is 8.06. The number of aliphatic carboxylic acids is 1. The van der Waals surface area contributed by atoms with Crippen LogP contribution in [0.15, 0.2) is 24.3 Å². The molecule has 1 aromatic rings. The first-order valence-electron chi connectivity index (χ1n) is 7.04. The Balaban J connectivity index is 2.07. The molecule has 0 spiro atoms. The van der Waals surface area contributed by atoms with E-state index in [0.29, 0.717) is 6.54 Å². The molecule has 0 saturated carbocycles. The van der Waals surface area contributed by atoms with Gasteiger partial charge < -0.3 is 10.0 Å². The third-order valence-electron chi connectivity index (χ3n) is 3.62. The highest BCUT2D eigenvalue weighted by molar-refractivity contribution is 5.84. The molecule has 1 aromatic carbocycles. The Morgan fingerprint density at radius 2 is 1.80 bits per heavy atom. The summed E-state index contributed by atoms with van der Waals surface area (Å²) >= 11 is 0. The van der Waals surface area contributed by atoms with E-state index in [1.165, 1.54) is 16.0 Å². The van der Waals surface area contributed by atoms with Crippen LogP contribution in [0.3, 0.4) is 0 Å². The Hall–Kier alpha value is -1.84. The second-order valence-electron chi connectivity index (χ2n) is 5.88. The van der Waals surface area contributed by atoms with Crippen molar-refractivity contribution in [3.8, 4) is 0 Å². The van der Waals surface area contributed by atoms with E-state index in [2.05, 4.69) is 0 Å². The highest BCUT2D eigenvalue weighted by Crippen LogP contribution is 2.28. The minimum Gasteiger partial charge on any atom is -0.480 e. The Bertz CT molecular complexity index is 485. The molecule has 0 aliphatic heterocycles. The molecule has 2 rings (SSSR count). The summed E-state index contributed by atoms with van der Waals surface area (Å²) in [5, 5.41) is 8.97. The van der Waals surface area contributed by atoms with Crippen molar-refractivity contribution in [1.82, 2.24) is 4.90 Å². The van der Waals surface area contributed by atoms with Crippen molar-refractivity contribution in [1.29, 1.82) is 0 Å². The number of fused-ring (bicyclic) bond motifs is 1. The molecule has 0 bridgehead atoms. The Labute approximate surface area is 119 Å². The van der Waals surface area contributed by atoms with E-state index in [4.69, 9.17) is 5.11 Å². The van der Waals surface area contributed by atoms with Crippen LogP contribution in [-0.2, 0) is 22.4 Å². The number of carbonyl (C=O) groups excluding carboxylic acids is 1. The van der Waals surface area contributed by atoms with Gasteiger partial charge in [0.05, 0.1) is 0 Å². The summed E-state index contributed by atoms with van der Waals surface area (Å²) in [7, 11) is 0. The molecule has 108 valence electrons. The number of hydrogen-bond acceptors (Lipinski definition) is 2. The average Bonchev–Trinajstić information content (AvgIpc) is 2.79. The van der Waals surface area contributed by atoms with Crippen LogP contribution in [0.5, 0.6) is 0 Å². The van der Waals surface area contributed by atoms with Crippen LogP contribution in [0, 0.1) is 11.8 Å². The number of carboxylic acids is 1. The monoisotopic (exact) mass is 275 g/mol. The first kappa shape index (κ1) is 14.6. The molecule has 0 radical (unpaired) electrons. The second-order valence-corrected chi connectivity index (χ2v) is 5.88. The van der Waals surface area contributed by atoms with Gasteiger partial charge in [-0.15, -0.1) is 0 Å². The molecular weight excluding hydrogens is 254 g/mol. The van der Waals surface area contributed by atoms with Gasteiger partial charge in [0, 0.05) is 12.5 Å². The average molecular weight is 275 g/mol. The normalized spacial score (nSPS) is 14.3. The molecule has 0 saturated heterocycles. The summed E-state index contributed by atoms with van der Waals surface area (Å²) < 4.78 is 0. The minimum absolute atomic E-state index is 0.0303. The number of benzene rings is 1. The molecule has 0 atom stereocenters. The zero-order chi connectivity index (χ0) is 14.7. The third-order valence-corrected chi connectivity index (χ3v) is 3.62. The van der Waals surface area contributed by atoms with Gasteiger partial charge in [0.2, 0.25) is 5.91 Å². The van der Waals surface area contributed by atoms with Crippen LogP contribution in [0.2, 0.25) is 0 Å². The number of rotatable bonds is 5. The van der Waals surface area contributed by atoms with Gasteiger partial charge >= 0.3 is 5.97 Å². The van der Waals surface area contributed by atoms with Crippen molar-refractivity contribution in [2.75, 3.05) is 13.1 Å². The van der Waals surface area contributed by atoms with Crippen LogP contribution in [-0.4, -0.2) is 35.0 Å². The van der Waals surface area contributed by atoms with Crippen molar-refractivity contribution < 1.29 is 14.7 Å². The van der Waals surface area contributed by atoms with Crippen LogP contribution >= 0.6 is 0 Å². The molecule has 0 aromatic heterocycles. The van der Waals surface area contributed by atoms with Gasteiger partial charge in [-0.2, -0.15) is 0 Å². The zero-order valence-corrected chi connectivity index (χ0v) is 12.0. The van der Waals surface area contributed by atoms with Gasteiger partial charge in [0.25, 0.3) is 0 Å². The van der Waals surface area contributed by atoms with Crippen LogP contribution in [0.1, 0.15) is 25.0 Å². The molecule has 1 aliphatic rings. The van der Waals surface area contributed by atoms with E-state index in [1.54, 1.807) is 0 Å². The lowest BCUT2D eigenvalue weighted by Gasteiger charge is -2.25. The second kappa shape index (κ2) is 6.07. The molecule has 1 amide bonds. The van der Waals surface area contributed by atoms with Gasteiger partial charge in [-0.1, -0.05) is 38.1 Å². The van der Waals surface area contributed by atoms with Crippen molar-refractivity contribution >= 4 is 11.9 Å². The van der Waals surface area contributed by atoms with E-state index >= 15 is 0 Å². The molecule has 0 fully saturated rings. The van der Waals surface area contributed by atoms with Crippen molar-refractivity contribution in [2.45, 2.75) is 26.7 Å². The van der Waals surface area contributed by atoms with E-state index in [0.717, 1.165) is 12.8 Å². The van der Waals surface area contributed by atoms with E-state index in [9.17, 15) is 9.59 Å². The summed E-state index contributed by atoms with van der Waals surface area (Å²) in [4.78, 5) is 25.0. The lowest BCUT2D eigenvalue weighted by atomic mass is 10.0. The Kier molecular flexibility index (Phi) is 4.42. The molecule has 1 aliphatic carbocycles. The molecule has 4 nitrogen and oxygen atoms in total. The lowest BCUT2D eigenvalue weighted by Crippen LogP contribution is -2.42. The quantitative estimate of drug-likeness (QED) is 0.894. The summed E-state index contributed by atoms with van der Waals surface area (Å²) in [6.45, 7) is 4.28. The number of carboxylic acid groups (broad SMARTS) is 1. The van der Waals surface area contributed by atoms with E-state index in [1.807, 2.05) is 38.1 Å². The summed E-state index contributed by atoms with van der Waals surface area (Å²) in [5.74, 6) is -0.820. The van der Waals surface area contributed by atoms with Crippen molar-refractivity contribution in [2.24, 2.45) is 11.8 Å². The topological polar surface area (TPSA) is 57.6 Å². The van der Waals surface area contributed by atoms with Crippen LogP contribution in [0.25, 0.3) is 0 Å². The van der Waals surface area contributed by atoms with E-state index < -0.39 is 5.97 Å². The van der Waals surface area contributed by atoms with Gasteiger partial charge in [0.1, 0.15) is 6.54 Å². The predicted molar refractivity (Wildman–Crippen MR) is 76.4 cm³/mol. The highest BCUT2D eigenvalue weighted by Gasteiger charge is 2.31. The third kappa shape index (κ3) is 3.38. The molecule has 0 heterocycles. The Morgan fingerprint density at radius 1 is 1.25 bits per heavy atom. The maximum Gasteiger partial charge on any atom is 0.323 e. The molecule has 4 heteroatoms. The standard InChI is InChI=1S/C16H21NO3/c1-11(2)9-17(10-15(18)19)16(20)14-7-12-5-3-4-6-13(12)8-14/h3-6,11,14H,7-10H2,1-2H3,(H,18,19). The SMILES string of the molecule is CC(C)CN(CC(=O)O)C(=O)C1Cc2ccccc2C1. The maximum absolute atomic E-state index is 12.5. The highest BCUT2D eigenvalue weighted by atomic mass is 16.4. The maximum atomic E-state index is 12.5. The molecule has 20 heavy (non-hydrogen) atoms. The number of hydrogen-bond donors (Lipinski definition) is 1. The largest absolute Gasteiger partial charge is 0.480 e. The van der Waals surface area contributed by atoms with Gasteiger partial charge in [0.15, 0.2) is 0 Å². The number of carbonyl (C=O) groups is 2. The predicted octanol–water partition coefficient (Wildman–Crippen LogP) is 1.97. The fourth-order valence-corrected chi connectivity index (χ4v) is 2.83. The van der Waals surface area contributed by atoms with Crippen molar-refractivity contribution in [3.05, 3.63) is 35.4 Å². The fraction of sp³-hybridized carbons (Fsp3) is 0.500. The molecular formula is C16H21NO3. The molecule has 1 N–H and O–H groups in total. The van der Waals surface area contributed by atoms with Gasteiger partial charge in [-0.3, -0.25) is 9.59 Å². The fourth-order valence-electron chi connectivity index (χ4n) is 2.83. The minimum atomic E-state index is -0.950. The van der Waals surface area contributed by atoms with Gasteiger partial charge in [-0.05, 0) is 29.9 Å². The summed E-state index contributed by atoms with van der Waals surface area (Å²) in [6.07, 6.45) is 1.45. The zero-order valence-electron chi connectivity index (χ0n) is 12.0. The van der Waals surface area contributed by atoms with E-state index in [-0.39, 0.29) is 24.3 Å². The van der Waals surface area contributed by atoms with Crippen molar-refractivity contribution in [3.63, 3.8) is 0 Å². The number of amides is 1. The molecule has 0 unspecified atom stereocenters. The van der Waals surface area contributed by atoms with Crippen LogP contribution in [0.4, 0.5) is 0 Å². The number of nitrogens with zero attached hydrogens (tertiary/aromatic N) is 1. The first-order valence-corrected chi connectivity index (χ1v) is 7.04. The van der Waals surface area contributed by atoms with Gasteiger partial charge in [-0.25, -0.2) is 0 Å². The first-order chi connectivity index (χ1) is 9.47. The smallest absolute Gasteiger partial charge is 0.323 e. The summed E-state index contributed by atoms with van der Waals surface area (Å²) in [5.41, 5.74) is 2.43.